The second kappa shape index (κ2) is 8.26. The normalized spacial score (nSPS) is 13.2. The van der Waals surface area contributed by atoms with E-state index in [2.05, 4.69) is 10.1 Å². The zero-order valence-electron chi connectivity index (χ0n) is 15.3. The molecule has 0 fully saturated rings. The molecule has 9 heteroatoms. The third-order valence-corrected chi connectivity index (χ3v) is 4.38. The van der Waals surface area contributed by atoms with Crippen LogP contribution < -0.4 is 17.2 Å². The van der Waals surface area contributed by atoms with Crippen molar-refractivity contribution in [3.05, 3.63) is 39.3 Å². The first kappa shape index (κ1) is 19.8. The van der Waals surface area contributed by atoms with Gasteiger partial charge in [0.2, 0.25) is 0 Å². The van der Waals surface area contributed by atoms with Gasteiger partial charge in [0.05, 0.1) is 17.1 Å². The van der Waals surface area contributed by atoms with Crippen molar-refractivity contribution in [2.24, 2.45) is 16.8 Å². The third-order valence-electron chi connectivity index (χ3n) is 4.38. The Morgan fingerprint density at radius 2 is 2.00 bits per heavy atom. The summed E-state index contributed by atoms with van der Waals surface area (Å²) in [4.78, 5) is 17.4. The molecule has 1 unspecified atom stereocenters. The van der Waals surface area contributed by atoms with Gasteiger partial charge >= 0.3 is 0 Å². The molecule has 2 aromatic rings. The first-order valence-corrected chi connectivity index (χ1v) is 8.37. The van der Waals surface area contributed by atoms with E-state index >= 15 is 0 Å². The second-order valence-corrected chi connectivity index (χ2v) is 6.36. The summed E-state index contributed by atoms with van der Waals surface area (Å²) in [5.41, 5.74) is 2.99. The fraction of sp³-hybridized carbons (Fsp3) is 0.471. The highest BCUT2D eigenvalue weighted by atomic mass is 16.3. The molecule has 1 aromatic heterocycles. The van der Waals surface area contributed by atoms with Crippen LogP contribution in [0.2, 0.25) is 0 Å². The average molecular weight is 362 g/mol. The summed E-state index contributed by atoms with van der Waals surface area (Å²) < 4.78 is 1.54. The number of amidine groups is 1. The number of hydrazone groups is 1. The Kier molecular flexibility index (Phi) is 6.30. The van der Waals surface area contributed by atoms with Gasteiger partial charge in [-0.05, 0) is 49.9 Å². The number of aliphatic hydroxyl groups excluding tert-OH is 2. The van der Waals surface area contributed by atoms with Crippen molar-refractivity contribution in [1.29, 1.82) is 0 Å². The van der Waals surface area contributed by atoms with E-state index < -0.39 is 11.7 Å². The van der Waals surface area contributed by atoms with Crippen molar-refractivity contribution in [1.82, 2.24) is 14.6 Å². The zero-order valence-corrected chi connectivity index (χ0v) is 15.3. The Hall–Kier alpha value is -2.49. The van der Waals surface area contributed by atoms with Gasteiger partial charge in [0.25, 0.3) is 5.56 Å². The fourth-order valence-electron chi connectivity index (χ4n) is 2.76. The van der Waals surface area contributed by atoms with Gasteiger partial charge < -0.3 is 20.6 Å². The van der Waals surface area contributed by atoms with E-state index in [0.717, 1.165) is 16.1 Å². The molecule has 0 saturated heterocycles. The van der Waals surface area contributed by atoms with E-state index in [-0.39, 0.29) is 31.1 Å². The van der Waals surface area contributed by atoms with Crippen LogP contribution in [0.15, 0.2) is 22.0 Å². The van der Waals surface area contributed by atoms with Crippen LogP contribution in [0.3, 0.4) is 0 Å². The Labute approximate surface area is 151 Å². The van der Waals surface area contributed by atoms with Crippen LogP contribution in [0.5, 0.6) is 0 Å². The van der Waals surface area contributed by atoms with E-state index in [0.29, 0.717) is 17.5 Å². The van der Waals surface area contributed by atoms with Crippen LogP contribution in [0.1, 0.15) is 29.7 Å². The molecule has 0 aliphatic heterocycles. The van der Waals surface area contributed by atoms with Crippen LogP contribution in [-0.4, -0.2) is 50.4 Å². The number of nitrogens with two attached hydrogens (primary N) is 2. The van der Waals surface area contributed by atoms with E-state index in [9.17, 15) is 9.90 Å². The molecule has 26 heavy (non-hydrogen) atoms. The van der Waals surface area contributed by atoms with Gasteiger partial charge in [-0.25, -0.2) is 10.8 Å². The maximum Gasteiger partial charge on any atom is 0.280 e. The first-order chi connectivity index (χ1) is 12.3. The predicted octanol–water partition coefficient (Wildman–Crippen LogP) is -0.427. The van der Waals surface area contributed by atoms with Crippen molar-refractivity contribution < 1.29 is 10.2 Å². The van der Waals surface area contributed by atoms with Crippen molar-refractivity contribution in [2.45, 2.75) is 39.3 Å². The Morgan fingerprint density at radius 3 is 2.58 bits per heavy atom. The molecule has 1 heterocycles. The van der Waals surface area contributed by atoms with Crippen molar-refractivity contribution in [3.63, 3.8) is 0 Å². The molecular formula is C17H26N6O3. The molecule has 0 aliphatic carbocycles. The van der Waals surface area contributed by atoms with Crippen molar-refractivity contribution >= 4 is 16.9 Å². The number of hydrazine groups is 1. The van der Waals surface area contributed by atoms with Crippen LogP contribution in [-0.2, 0) is 6.54 Å². The minimum Gasteiger partial charge on any atom is -0.396 e. The number of fused-ring (bicyclic) bond motifs is 1. The van der Waals surface area contributed by atoms with E-state index in [1.54, 1.807) is 4.57 Å². The topological polar surface area (TPSA) is 143 Å². The number of benzene rings is 1. The lowest BCUT2D eigenvalue weighted by atomic mass is 10.1. The van der Waals surface area contributed by atoms with E-state index in [1.807, 2.05) is 26.0 Å². The molecule has 142 valence electrons. The molecule has 0 saturated carbocycles. The number of aromatic nitrogens is 2. The molecule has 2 rings (SSSR count). The number of rotatable bonds is 6. The lowest BCUT2D eigenvalue weighted by molar-refractivity contribution is 0.121. The Bertz CT molecular complexity index is 875. The highest BCUT2D eigenvalue weighted by molar-refractivity contribution is 5.97. The average Bonchev–Trinajstić information content (AvgIpc) is 2.57. The molecule has 0 radical (unpaired) electrons. The van der Waals surface area contributed by atoms with Crippen molar-refractivity contribution in [2.75, 3.05) is 13.7 Å². The Balaban J connectivity index is 2.67. The van der Waals surface area contributed by atoms with Crippen molar-refractivity contribution in [3.8, 4) is 0 Å². The van der Waals surface area contributed by atoms with Crippen LogP contribution >= 0.6 is 0 Å². The molecule has 1 atom stereocenters. The van der Waals surface area contributed by atoms with E-state index in [4.69, 9.17) is 16.8 Å². The highest BCUT2D eigenvalue weighted by Crippen LogP contribution is 2.18. The number of hydrogen-bond donors (Lipinski definition) is 4. The quantitative estimate of drug-likeness (QED) is 0.236. The molecular weight excluding hydrogens is 336 g/mol. The van der Waals surface area contributed by atoms with E-state index in [1.165, 1.54) is 7.05 Å². The fourth-order valence-corrected chi connectivity index (χ4v) is 2.76. The zero-order chi connectivity index (χ0) is 19.4. The van der Waals surface area contributed by atoms with Crippen LogP contribution in [0, 0.1) is 13.8 Å². The minimum absolute atomic E-state index is 0.0462. The lowest BCUT2D eigenvalue weighted by Crippen LogP contribution is -2.41. The molecule has 0 bridgehead atoms. The third kappa shape index (κ3) is 4.01. The molecule has 0 amide bonds. The second-order valence-electron chi connectivity index (χ2n) is 6.36. The summed E-state index contributed by atoms with van der Waals surface area (Å²) >= 11 is 0. The summed E-state index contributed by atoms with van der Waals surface area (Å²) in [7, 11) is 1.52. The number of hydrogen-bond acceptors (Lipinski definition) is 7. The molecule has 9 nitrogen and oxygen atoms in total. The monoisotopic (exact) mass is 362 g/mol. The number of aliphatic hydroxyl groups is 2. The van der Waals surface area contributed by atoms with Gasteiger partial charge in [-0.1, -0.05) is 0 Å². The van der Waals surface area contributed by atoms with Gasteiger partial charge in [-0.2, -0.15) is 5.10 Å². The summed E-state index contributed by atoms with van der Waals surface area (Å²) in [5.74, 6) is 11.2. The maximum atomic E-state index is 13.0. The van der Waals surface area contributed by atoms with Gasteiger partial charge in [0.15, 0.2) is 11.5 Å². The number of aryl methyl sites for hydroxylation is 3. The maximum absolute atomic E-state index is 13.0. The van der Waals surface area contributed by atoms with Gasteiger partial charge in [-0.15, -0.1) is 0 Å². The smallest absolute Gasteiger partial charge is 0.280 e. The predicted molar refractivity (Wildman–Crippen MR) is 100 cm³/mol. The summed E-state index contributed by atoms with van der Waals surface area (Å²) in [6.45, 7) is 4.07. The van der Waals surface area contributed by atoms with Gasteiger partial charge in [-0.3, -0.25) is 9.80 Å². The standard InChI is InChI=1S/C17H26N6O3/c1-10-8-13-14(9-11(10)2)23(6-4-12(25)5-7-24)17(26)15(20-13)16(21-18)22(3)19/h8-9,12,24-25H,4-7,18-19H2,1-3H3/b21-16-. The summed E-state index contributed by atoms with van der Waals surface area (Å²) in [6, 6.07) is 3.78. The molecule has 6 N–H and O–H groups in total. The minimum atomic E-state index is -0.704. The molecule has 0 aliphatic rings. The Morgan fingerprint density at radius 1 is 1.35 bits per heavy atom. The lowest BCUT2D eigenvalue weighted by Gasteiger charge is -2.18. The first-order valence-electron chi connectivity index (χ1n) is 8.37. The largest absolute Gasteiger partial charge is 0.396 e. The van der Waals surface area contributed by atoms with Gasteiger partial charge in [0.1, 0.15) is 0 Å². The molecule has 1 aromatic carbocycles. The summed E-state index contributed by atoms with van der Waals surface area (Å²) in [5, 5.41) is 23.6. The van der Waals surface area contributed by atoms with Gasteiger partial charge in [0, 0.05) is 20.2 Å². The summed E-state index contributed by atoms with van der Waals surface area (Å²) in [6.07, 6.45) is -0.131. The molecule has 0 spiro atoms. The SMILES string of the molecule is Cc1cc2nc(/C(=N/N)N(C)N)c(=O)n(CCC(O)CCO)c2cc1C. The van der Waals surface area contributed by atoms with Crippen LogP contribution in [0.4, 0.5) is 0 Å². The highest BCUT2D eigenvalue weighted by Gasteiger charge is 2.19. The van der Waals surface area contributed by atoms with Crippen LogP contribution in [0.25, 0.3) is 11.0 Å². The number of nitrogens with zero attached hydrogens (tertiary/aromatic N) is 4.